The van der Waals surface area contributed by atoms with Crippen molar-refractivity contribution >= 4 is 32.7 Å². The number of pyridine rings is 1. The lowest BCUT2D eigenvalue weighted by Gasteiger charge is -2.33. The monoisotopic (exact) mass is 422 g/mol. The minimum Gasteiger partial charge on any atom is -0.381 e. The molecule has 30 heavy (non-hydrogen) atoms. The van der Waals surface area contributed by atoms with Gasteiger partial charge in [-0.1, -0.05) is 41.7 Å². The van der Waals surface area contributed by atoms with Crippen LogP contribution in [0.4, 0.5) is 9.93 Å². The molecule has 2 fully saturated rings. The van der Waals surface area contributed by atoms with Crippen LogP contribution in [-0.4, -0.2) is 47.2 Å². The Bertz CT molecular complexity index is 1090. The van der Waals surface area contributed by atoms with Crippen molar-refractivity contribution in [1.29, 1.82) is 0 Å². The first kappa shape index (κ1) is 19.5. The van der Waals surface area contributed by atoms with Gasteiger partial charge in [0.05, 0.1) is 10.4 Å². The Morgan fingerprint density at radius 3 is 2.63 bits per heavy atom. The van der Waals surface area contributed by atoms with Crippen molar-refractivity contribution in [3.8, 4) is 11.1 Å². The van der Waals surface area contributed by atoms with Crippen molar-refractivity contribution in [3.05, 3.63) is 41.7 Å². The molecule has 0 radical (unpaired) electrons. The molecule has 0 aliphatic carbocycles. The Kier molecular flexibility index (Phi) is 4.95. The van der Waals surface area contributed by atoms with Gasteiger partial charge in [-0.25, -0.2) is 9.78 Å². The van der Waals surface area contributed by atoms with Gasteiger partial charge in [-0.2, -0.15) is 0 Å². The van der Waals surface area contributed by atoms with E-state index in [9.17, 15) is 4.79 Å². The van der Waals surface area contributed by atoms with Crippen molar-refractivity contribution in [2.24, 2.45) is 5.41 Å². The summed E-state index contributed by atoms with van der Waals surface area (Å²) in [5.74, 6) is 0. The second-order valence-electron chi connectivity index (χ2n) is 8.43. The number of amides is 2. The highest BCUT2D eigenvalue weighted by atomic mass is 32.1. The van der Waals surface area contributed by atoms with Gasteiger partial charge in [-0.15, -0.1) is 0 Å². The molecule has 1 spiro atoms. The molecule has 0 atom stereocenters. The number of aromatic nitrogens is 2. The molecule has 156 valence electrons. The van der Waals surface area contributed by atoms with E-state index < -0.39 is 0 Å². The highest BCUT2D eigenvalue weighted by Crippen LogP contribution is 2.41. The van der Waals surface area contributed by atoms with Crippen LogP contribution in [0, 0.1) is 19.3 Å². The van der Waals surface area contributed by atoms with Crippen LogP contribution in [-0.2, 0) is 4.74 Å². The Morgan fingerprint density at radius 1 is 1.10 bits per heavy atom. The number of rotatable bonds is 2. The molecule has 7 heteroatoms. The molecule has 4 heterocycles. The van der Waals surface area contributed by atoms with Gasteiger partial charge in [0.1, 0.15) is 5.52 Å². The highest BCUT2D eigenvalue weighted by molar-refractivity contribution is 7.23. The van der Waals surface area contributed by atoms with Crippen LogP contribution in [0.3, 0.4) is 0 Å². The third-order valence-electron chi connectivity index (χ3n) is 6.45. The average Bonchev–Trinajstić information content (AvgIpc) is 3.34. The molecule has 2 amide bonds. The molecule has 0 bridgehead atoms. The summed E-state index contributed by atoms with van der Waals surface area (Å²) in [7, 11) is 0. The van der Waals surface area contributed by atoms with E-state index in [0.29, 0.717) is 5.13 Å². The van der Waals surface area contributed by atoms with Crippen LogP contribution >= 0.6 is 11.3 Å². The number of ether oxygens (including phenoxy) is 1. The maximum absolute atomic E-state index is 13.0. The maximum atomic E-state index is 13.0. The smallest absolute Gasteiger partial charge is 0.323 e. The third-order valence-corrected chi connectivity index (χ3v) is 7.44. The van der Waals surface area contributed by atoms with Gasteiger partial charge in [0.15, 0.2) is 5.13 Å². The molecular weight excluding hydrogens is 396 g/mol. The molecule has 0 saturated carbocycles. The second kappa shape index (κ2) is 7.63. The summed E-state index contributed by atoms with van der Waals surface area (Å²) >= 11 is 1.53. The number of urea groups is 1. The van der Waals surface area contributed by atoms with E-state index >= 15 is 0 Å². The van der Waals surface area contributed by atoms with E-state index in [1.165, 1.54) is 11.3 Å². The van der Waals surface area contributed by atoms with Crippen LogP contribution in [0.1, 0.15) is 30.7 Å². The number of thiazole rings is 1. The van der Waals surface area contributed by atoms with E-state index in [2.05, 4.69) is 17.4 Å². The number of carbonyl (C=O) groups excluding carboxylic acids is 1. The van der Waals surface area contributed by atoms with Gasteiger partial charge >= 0.3 is 6.03 Å². The zero-order chi connectivity index (χ0) is 20.7. The first-order valence-electron chi connectivity index (χ1n) is 10.5. The van der Waals surface area contributed by atoms with E-state index in [4.69, 9.17) is 14.7 Å². The zero-order valence-corrected chi connectivity index (χ0v) is 18.2. The number of carbonyl (C=O) groups is 1. The lowest BCUT2D eigenvalue weighted by molar-refractivity contribution is 0.0211. The molecule has 2 aliphatic heterocycles. The maximum Gasteiger partial charge on any atom is 0.323 e. The van der Waals surface area contributed by atoms with Crippen molar-refractivity contribution in [2.75, 3.05) is 31.6 Å². The van der Waals surface area contributed by atoms with Crippen molar-refractivity contribution in [3.63, 3.8) is 0 Å². The number of anilines is 1. The zero-order valence-electron chi connectivity index (χ0n) is 17.4. The molecular formula is C23H26N4O2S. The summed E-state index contributed by atoms with van der Waals surface area (Å²) in [6, 6.07) is 10.2. The lowest BCUT2D eigenvalue weighted by Crippen LogP contribution is -2.37. The molecule has 0 unspecified atom stereocenters. The number of nitrogens with one attached hydrogen (secondary N) is 1. The van der Waals surface area contributed by atoms with Crippen LogP contribution in [0.2, 0.25) is 0 Å². The fraction of sp³-hybridized carbons (Fsp3) is 0.435. The molecule has 2 aromatic heterocycles. The molecule has 1 N–H and O–H groups in total. The minimum atomic E-state index is -0.0546. The molecule has 1 aromatic carbocycles. The summed E-state index contributed by atoms with van der Waals surface area (Å²) in [6.07, 6.45) is 3.15. The van der Waals surface area contributed by atoms with E-state index in [1.54, 1.807) is 0 Å². The molecule has 6 nitrogen and oxygen atoms in total. The number of benzene rings is 1. The van der Waals surface area contributed by atoms with Crippen LogP contribution in [0.5, 0.6) is 0 Å². The summed E-state index contributed by atoms with van der Waals surface area (Å²) in [5, 5.41) is 3.69. The first-order chi connectivity index (χ1) is 14.5. The van der Waals surface area contributed by atoms with Gasteiger partial charge in [0.2, 0.25) is 0 Å². The number of nitrogens with zero attached hydrogens (tertiary/aromatic N) is 3. The molecule has 5 rings (SSSR count). The largest absolute Gasteiger partial charge is 0.381 e. The molecule has 2 aliphatic rings. The average molecular weight is 423 g/mol. The Balaban J connectivity index is 1.42. The summed E-state index contributed by atoms with van der Waals surface area (Å²) in [4.78, 5) is 24.3. The topological polar surface area (TPSA) is 67.4 Å². The Morgan fingerprint density at radius 2 is 1.87 bits per heavy atom. The summed E-state index contributed by atoms with van der Waals surface area (Å²) in [5.41, 5.74) is 5.19. The van der Waals surface area contributed by atoms with Gasteiger partial charge in [0.25, 0.3) is 0 Å². The number of fused-ring (bicyclic) bond motifs is 1. The predicted molar refractivity (Wildman–Crippen MR) is 120 cm³/mol. The van der Waals surface area contributed by atoms with Gasteiger partial charge in [0, 0.05) is 37.6 Å². The van der Waals surface area contributed by atoms with Gasteiger partial charge < -0.3 is 9.64 Å². The number of likely N-dealkylation sites (tertiary alicyclic amines) is 1. The molecule has 3 aromatic rings. The third kappa shape index (κ3) is 3.46. The van der Waals surface area contributed by atoms with Gasteiger partial charge in [-0.05, 0) is 44.1 Å². The normalized spacial score (nSPS) is 18.3. The Hall–Kier alpha value is -2.51. The lowest BCUT2D eigenvalue weighted by atomic mass is 9.80. The van der Waals surface area contributed by atoms with Crippen molar-refractivity contribution in [2.45, 2.75) is 33.1 Å². The fourth-order valence-electron chi connectivity index (χ4n) is 4.75. The second-order valence-corrected chi connectivity index (χ2v) is 9.43. The standard InChI is InChI=1S/C23H26N4O2S/c1-15-18(17-6-4-3-5-7-17)20-19(16(2)24-15)25-21(30-20)26-22(28)27-11-8-23(14-27)9-12-29-13-10-23/h3-7H,8-14H2,1-2H3,(H,25,26,28). The number of hydrogen-bond donors (Lipinski definition) is 1. The SMILES string of the molecule is Cc1nc(C)c2nc(NC(=O)N3CCC4(CCOCC4)C3)sc2c1-c1ccccc1. The van der Waals surface area contributed by atoms with Crippen LogP contribution < -0.4 is 5.32 Å². The van der Waals surface area contributed by atoms with E-state index in [0.717, 1.165) is 78.3 Å². The predicted octanol–water partition coefficient (Wildman–Crippen LogP) is 5.01. The van der Waals surface area contributed by atoms with E-state index in [-0.39, 0.29) is 11.4 Å². The van der Waals surface area contributed by atoms with Crippen LogP contribution in [0.15, 0.2) is 30.3 Å². The summed E-state index contributed by atoms with van der Waals surface area (Å²) in [6.45, 7) is 7.23. The number of hydrogen-bond acceptors (Lipinski definition) is 5. The first-order valence-corrected chi connectivity index (χ1v) is 11.3. The van der Waals surface area contributed by atoms with E-state index in [1.807, 2.05) is 36.9 Å². The summed E-state index contributed by atoms with van der Waals surface area (Å²) < 4.78 is 6.59. The van der Waals surface area contributed by atoms with Crippen molar-refractivity contribution < 1.29 is 9.53 Å². The van der Waals surface area contributed by atoms with Crippen LogP contribution in [0.25, 0.3) is 21.3 Å². The fourth-order valence-corrected chi connectivity index (χ4v) is 5.88. The minimum absolute atomic E-state index is 0.0546. The highest BCUT2D eigenvalue weighted by Gasteiger charge is 2.41. The Labute approximate surface area is 180 Å². The molecule has 2 saturated heterocycles. The number of aryl methyl sites for hydroxylation is 2. The van der Waals surface area contributed by atoms with Gasteiger partial charge in [-0.3, -0.25) is 10.3 Å². The quantitative estimate of drug-likeness (QED) is 0.630. The van der Waals surface area contributed by atoms with Crippen molar-refractivity contribution in [1.82, 2.24) is 14.9 Å².